The Morgan fingerprint density at radius 3 is 2.56 bits per heavy atom. The van der Waals surface area contributed by atoms with Crippen LogP contribution in [0.25, 0.3) is 0 Å². The molecule has 0 N–H and O–H groups in total. The SMILES string of the molecule is CN(C)CC1CC2(C)C(=CCC3C4CCC(=O)C4(C)CCC32)CC1=O. The van der Waals surface area contributed by atoms with E-state index in [2.05, 4.69) is 38.9 Å². The number of allylic oxidation sites excluding steroid dienone is 2. The second kappa shape index (κ2) is 5.77. The maximum atomic E-state index is 12.7. The predicted octanol–water partition coefficient (Wildman–Crippen LogP) is 3.88. The number of hydrogen-bond donors (Lipinski definition) is 0. The van der Waals surface area contributed by atoms with E-state index < -0.39 is 0 Å². The lowest BCUT2D eigenvalue weighted by molar-refractivity contribution is -0.133. The first-order chi connectivity index (χ1) is 11.8. The van der Waals surface area contributed by atoms with E-state index in [1.807, 2.05) is 0 Å². The number of ketones is 2. The van der Waals surface area contributed by atoms with Gasteiger partial charge in [-0.3, -0.25) is 9.59 Å². The highest BCUT2D eigenvalue weighted by Crippen LogP contribution is 2.64. The van der Waals surface area contributed by atoms with Gasteiger partial charge < -0.3 is 4.90 Å². The van der Waals surface area contributed by atoms with Crippen molar-refractivity contribution in [2.75, 3.05) is 20.6 Å². The van der Waals surface area contributed by atoms with Gasteiger partial charge in [0.15, 0.2) is 0 Å². The Balaban J connectivity index is 1.65. The first-order valence-electron chi connectivity index (χ1n) is 10.2. The highest BCUT2D eigenvalue weighted by molar-refractivity contribution is 5.87. The molecule has 3 nitrogen and oxygen atoms in total. The van der Waals surface area contributed by atoms with Crippen LogP contribution in [0.15, 0.2) is 11.6 Å². The third-order valence-electron chi connectivity index (χ3n) is 8.41. The van der Waals surface area contributed by atoms with Crippen molar-refractivity contribution in [2.45, 2.75) is 58.8 Å². The van der Waals surface area contributed by atoms with Crippen molar-refractivity contribution in [3.8, 4) is 0 Å². The molecule has 138 valence electrons. The van der Waals surface area contributed by atoms with E-state index in [1.54, 1.807) is 0 Å². The van der Waals surface area contributed by atoms with Crippen molar-refractivity contribution < 1.29 is 9.59 Å². The molecule has 0 spiro atoms. The Labute approximate surface area is 152 Å². The van der Waals surface area contributed by atoms with Gasteiger partial charge in [0.2, 0.25) is 0 Å². The lowest BCUT2D eigenvalue weighted by Gasteiger charge is -2.57. The molecule has 0 amide bonds. The van der Waals surface area contributed by atoms with Crippen LogP contribution in [0, 0.1) is 34.5 Å². The van der Waals surface area contributed by atoms with E-state index in [-0.39, 0.29) is 16.7 Å². The molecule has 3 saturated carbocycles. The van der Waals surface area contributed by atoms with Crippen LogP contribution in [0.3, 0.4) is 0 Å². The van der Waals surface area contributed by atoms with Gasteiger partial charge in [-0.1, -0.05) is 25.5 Å². The molecular weight excluding hydrogens is 310 g/mol. The molecule has 0 bridgehead atoms. The zero-order valence-corrected chi connectivity index (χ0v) is 16.3. The first-order valence-corrected chi connectivity index (χ1v) is 10.2. The number of fused-ring (bicyclic) bond motifs is 5. The summed E-state index contributed by atoms with van der Waals surface area (Å²) in [4.78, 5) is 27.3. The van der Waals surface area contributed by atoms with Crippen LogP contribution in [0.1, 0.15) is 58.8 Å². The van der Waals surface area contributed by atoms with Crippen molar-refractivity contribution >= 4 is 11.6 Å². The topological polar surface area (TPSA) is 37.4 Å². The molecule has 0 aliphatic heterocycles. The predicted molar refractivity (Wildman–Crippen MR) is 99.1 cm³/mol. The summed E-state index contributed by atoms with van der Waals surface area (Å²) in [6, 6.07) is 0. The fraction of sp³-hybridized carbons (Fsp3) is 0.818. The van der Waals surface area contributed by atoms with Crippen LogP contribution in [-0.2, 0) is 9.59 Å². The molecule has 0 aromatic rings. The van der Waals surface area contributed by atoms with Crippen LogP contribution < -0.4 is 0 Å². The molecule has 0 saturated heterocycles. The van der Waals surface area contributed by atoms with Crippen molar-refractivity contribution in [1.29, 1.82) is 0 Å². The van der Waals surface area contributed by atoms with E-state index in [0.29, 0.717) is 35.7 Å². The second-order valence-electron chi connectivity index (χ2n) is 9.98. The van der Waals surface area contributed by atoms with E-state index in [9.17, 15) is 9.59 Å². The highest BCUT2D eigenvalue weighted by Gasteiger charge is 2.59. The average molecular weight is 344 g/mol. The van der Waals surface area contributed by atoms with Gasteiger partial charge in [0.1, 0.15) is 11.6 Å². The molecular formula is C22H33NO2. The third-order valence-corrected chi connectivity index (χ3v) is 8.41. The number of rotatable bonds is 2. The summed E-state index contributed by atoms with van der Waals surface area (Å²) in [6.45, 7) is 5.55. The summed E-state index contributed by atoms with van der Waals surface area (Å²) in [6.07, 6.45) is 9.28. The molecule has 3 fully saturated rings. The van der Waals surface area contributed by atoms with Crippen LogP contribution in [-0.4, -0.2) is 37.1 Å². The number of nitrogens with zero attached hydrogens (tertiary/aromatic N) is 1. The molecule has 4 aliphatic rings. The van der Waals surface area contributed by atoms with Gasteiger partial charge in [0, 0.05) is 30.7 Å². The van der Waals surface area contributed by atoms with E-state index in [4.69, 9.17) is 0 Å². The monoisotopic (exact) mass is 343 g/mol. The van der Waals surface area contributed by atoms with Gasteiger partial charge in [-0.2, -0.15) is 0 Å². The van der Waals surface area contributed by atoms with E-state index in [0.717, 1.165) is 38.6 Å². The van der Waals surface area contributed by atoms with Crippen molar-refractivity contribution in [2.24, 2.45) is 34.5 Å². The third kappa shape index (κ3) is 2.49. The summed E-state index contributed by atoms with van der Waals surface area (Å²) in [5.74, 6) is 3.00. The normalized spacial score (nSPS) is 46.5. The fourth-order valence-electron chi connectivity index (χ4n) is 7.05. The number of Topliss-reactive ketones (excluding diaryl/α,β-unsaturated/α-hetero) is 2. The standard InChI is InChI=1S/C22H33NO2/c1-21-10-9-18-16(17(21)7-8-20(21)25)6-5-15-11-19(24)14(13-23(3)4)12-22(15,18)2/h5,14,16-18H,6-13H2,1-4H3. The van der Waals surface area contributed by atoms with Gasteiger partial charge in [0.25, 0.3) is 0 Å². The number of carbonyl (C=O) groups is 2. The summed E-state index contributed by atoms with van der Waals surface area (Å²) in [7, 11) is 4.14. The molecule has 0 radical (unpaired) electrons. The Bertz CT molecular complexity index is 636. The molecule has 6 unspecified atom stereocenters. The molecule has 4 aliphatic carbocycles. The summed E-state index contributed by atoms with van der Waals surface area (Å²) in [5.41, 5.74) is 1.53. The van der Waals surface area contributed by atoms with E-state index >= 15 is 0 Å². The molecule has 0 aromatic heterocycles. The minimum atomic E-state index is -0.0591. The zero-order valence-electron chi connectivity index (χ0n) is 16.3. The maximum absolute atomic E-state index is 12.7. The van der Waals surface area contributed by atoms with Crippen LogP contribution in [0.2, 0.25) is 0 Å². The lowest BCUT2D eigenvalue weighted by atomic mass is 9.47. The molecule has 0 aromatic carbocycles. The van der Waals surface area contributed by atoms with Crippen LogP contribution in [0.5, 0.6) is 0 Å². The van der Waals surface area contributed by atoms with Crippen molar-refractivity contribution in [1.82, 2.24) is 4.90 Å². The number of carbonyl (C=O) groups excluding carboxylic acids is 2. The maximum Gasteiger partial charge on any atom is 0.141 e. The Hall–Kier alpha value is -0.960. The van der Waals surface area contributed by atoms with Gasteiger partial charge in [-0.05, 0) is 69.4 Å². The zero-order chi connectivity index (χ0) is 18.0. The average Bonchev–Trinajstić information content (AvgIpc) is 2.84. The van der Waals surface area contributed by atoms with Gasteiger partial charge in [-0.15, -0.1) is 0 Å². The van der Waals surface area contributed by atoms with Crippen molar-refractivity contribution in [3.05, 3.63) is 11.6 Å². The summed E-state index contributed by atoms with van der Waals surface area (Å²) < 4.78 is 0. The molecule has 4 rings (SSSR count). The molecule has 3 heteroatoms. The Morgan fingerprint density at radius 2 is 1.84 bits per heavy atom. The molecule has 0 heterocycles. The van der Waals surface area contributed by atoms with Gasteiger partial charge >= 0.3 is 0 Å². The van der Waals surface area contributed by atoms with Crippen LogP contribution in [0.4, 0.5) is 0 Å². The van der Waals surface area contributed by atoms with Gasteiger partial charge in [-0.25, -0.2) is 0 Å². The fourth-order valence-corrected chi connectivity index (χ4v) is 7.05. The second-order valence-corrected chi connectivity index (χ2v) is 9.98. The smallest absolute Gasteiger partial charge is 0.141 e. The quantitative estimate of drug-likeness (QED) is 0.714. The van der Waals surface area contributed by atoms with Gasteiger partial charge in [0.05, 0.1) is 0 Å². The Morgan fingerprint density at radius 1 is 1.12 bits per heavy atom. The summed E-state index contributed by atoms with van der Waals surface area (Å²) in [5, 5.41) is 0. The lowest BCUT2D eigenvalue weighted by Crippen LogP contribution is -2.52. The number of hydrogen-bond acceptors (Lipinski definition) is 3. The Kier molecular flexibility index (Phi) is 4.03. The largest absolute Gasteiger partial charge is 0.309 e. The summed E-state index contributed by atoms with van der Waals surface area (Å²) >= 11 is 0. The van der Waals surface area contributed by atoms with Crippen LogP contribution >= 0.6 is 0 Å². The van der Waals surface area contributed by atoms with E-state index in [1.165, 1.54) is 12.0 Å². The minimum Gasteiger partial charge on any atom is -0.309 e. The molecule has 25 heavy (non-hydrogen) atoms. The first kappa shape index (κ1) is 17.5. The van der Waals surface area contributed by atoms with Crippen molar-refractivity contribution in [3.63, 3.8) is 0 Å². The highest BCUT2D eigenvalue weighted by atomic mass is 16.1. The molecule has 6 atom stereocenters. The minimum absolute atomic E-state index is 0.0591.